The van der Waals surface area contributed by atoms with Crippen molar-refractivity contribution in [1.29, 1.82) is 10.5 Å². The zero-order valence-corrected chi connectivity index (χ0v) is 12.9. The van der Waals surface area contributed by atoms with Gasteiger partial charge in [0, 0.05) is 5.69 Å². The van der Waals surface area contributed by atoms with Gasteiger partial charge in [0.25, 0.3) is 7.12 Å². The Hall–Kier alpha value is -3.37. The molecule has 10 heteroatoms. The number of nitrogens with one attached hydrogen (secondary N) is 1. The van der Waals surface area contributed by atoms with Crippen LogP contribution in [0.4, 0.5) is 22.7 Å². The third-order valence-corrected chi connectivity index (χ3v) is 3.31. The quantitative estimate of drug-likeness (QED) is 0.500. The molecular weight excluding hydrogens is 327 g/mol. The molecule has 2 rings (SSSR count). The summed E-state index contributed by atoms with van der Waals surface area (Å²) in [5.74, 6) is 0. The SMILES string of the molecule is [B]S(=O)(=O)Nc1cc(N)ccc1N=Nc1c(C#N)cccc1C#N. The Labute approximate surface area is 139 Å². The number of anilines is 2. The molecule has 0 bridgehead atoms. The molecule has 0 fully saturated rings. The summed E-state index contributed by atoms with van der Waals surface area (Å²) in [5.41, 5.74) is 6.45. The lowest BCUT2D eigenvalue weighted by Crippen LogP contribution is -2.11. The van der Waals surface area contributed by atoms with Gasteiger partial charge in [-0.25, -0.2) is 8.42 Å². The van der Waals surface area contributed by atoms with Gasteiger partial charge in [0.05, 0.1) is 16.8 Å². The van der Waals surface area contributed by atoms with Crippen molar-refractivity contribution in [2.45, 2.75) is 0 Å². The molecular formula is C14H9BN6O2S. The molecule has 0 saturated carbocycles. The fraction of sp³-hybridized carbons (Fsp3) is 0. The molecule has 0 aliphatic heterocycles. The summed E-state index contributed by atoms with van der Waals surface area (Å²) in [6.45, 7) is 0. The second-order valence-electron chi connectivity index (χ2n) is 4.55. The highest BCUT2D eigenvalue weighted by Gasteiger charge is 2.10. The van der Waals surface area contributed by atoms with Crippen molar-refractivity contribution < 1.29 is 8.42 Å². The minimum atomic E-state index is -4.04. The van der Waals surface area contributed by atoms with Crippen LogP contribution in [0.15, 0.2) is 46.6 Å². The first kappa shape index (κ1) is 17.0. The molecule has 0 atom stereocenters. The van der Waals surface area contributed by atoms with Crippen molar-refractivity contribution in [2.24, 2.45) is 10.2 Å². The van der Waals surface area contributed by atoms with Gasteiger partial charge in [0.1, 0.15) is 23.5 Å². The van der Waals surface area contributed by atoms with Crippen molar-refractivity contribution in [3.8, 4) is 12.1 Å². The van der Waals surface area contributed by atoms with Crippen molar-refractivity contribution in [3.63, 3.8) is 0 Å². The van der Waals surface area contributed by atoms with E-state index in [4.69, 9.17) is 23.4 Å². The summed E-state index contributed by atoms with van der Waals surface area (Å²) >= 11 is 0. The van der Waals surface area contributed by atoms with Crippen LogP contribution in [-0.4, -0.2) is 15.5 Å². The number of nitrogens with zero attached hydrogens (tertiary/aromatic N) is 4. The van der Waals surface area contributed by atoms with Crippen molar-refractivity contribution in [1.82, 2.24) is 0 Å². The molecule has 24 heavy (non-hydrogen) atoms. The number of hydrogen-bond acceptors (Lipinski definition) is 7. The second kappa shape index (κ2) is 6.81. The van der Waals surface area contributed by atoms with Gasteiger partial charge in [-0.05, 0) is 30.3 Å². The van der Waals surface area contributed by atoms with Crippen molar-refractivity contribution in [2.75, 3.05) is 10.5 Å². The average molecular weight is 336 g/mol. The molecule has 0 unspecified atom stereocenters. The van der Waals surface area contributed by atoms with Crippen LogP contribution in [-0.2, 0) is 9.87 Å². The molecule has 0 aromatic heterocycles. The summed E-state index contributed by atoms with van der Waals surface area (Å²) in [4.78, 5) is 0. The Morgan fingerprint density at radius 1 is 1.08 bits per heavy atom. The van der Waals surface area contributed by atoms with Crippen LogP contribution in [0.5, 0.6) is 0 Å². The number of hydrogen-bond donors (Lipinski definition) is 2. The van der Waals surface area contributed by atoms with Gasteiger partial charge in [-0.1, -0.05) is 6.07 Å². The third kappa shape index (κ3) is 4.09. The van der Waals surface area contributed by atoms with Crippen molar-refractivity contribution in [3.05, 3.63) is 47.5 Å². The van der Waals surface area contributed by atoms with E-state index in [1.807, 2.05) is 12.1 Å². The van der Waals surface area contributed by atoms with Gasteiger partial charge in [0.2, 0.25) is 0 Å². The van der Waals surface area contributed by atoms with Crippen LogP contribution >= 0.6 is 0 Å². The van der Waals surface area contributed by atoms with Crippen LogP contribution in [0.25, 0.3) is 0 Å². The number of rotatable bonds is 4. The molecule has 0 aliphatic rings. The zero-order chi connectivity index (χ0) is 17.7. The first-order valence-corrected chi connectivity index (χ1v) is 7.93. The monoisotopic (exact) mass is 336 g/mol. The summed E-state index contributed by atoms with van der Waals surface area (Å²) < 4.78 is 24.5. The van der Waals surface area contributed by atoms with Gasteiger partial charge >= 0.3 is 0 Å². The van der Waals surface area contributed by atoms with E-state index in [2.05, 4.69) is 15.0 Å². The minimum absolute atomic E-state index is 0.0224. The van der Waals surface area contributed by atoms with Gasteiger partial charge in [-0.3, -0.25) is 4.72 Å². The molecule has 8 nitrogen and oxygen atoms in total. The molecule has 2 aromatic rings. The lowest BCUT2D eigenvalue weighted by molar-refractivity contribution is 0.614. The lowest BCUT2D eigenvalue weighted by Gasteiger charge is -2.08. The van der Waals surface area contributed by atoms with Crippen LogP contribution < -0.4 is 10.5 Å². The summed E-state index contributed by atoms with van der Waals surface area (Å²) in [7, 11) is 0.910. The highest BCUT2D eigenvalue weighted by molar-refractivity contribution is 8.13. The largest absolute Gasteiger partial charge is 0.399 e. The molecule has 0 spiro atoms. The zero-order valence-electron chi connectivity index (χ0n) is 12.1. The molecule has 116 valence electrons. The second-order valence-corrected chi connectivity index (χ2v) is 5.84. The summed E-state index contributed by atoms with van der Waals surface area (Å²) in [6.07, 6.45) is 0. The first-order valence-electron chi connectivity index (χ1n) is 6.39. The Kier molecular flexibility index (Phi) is 4.82. The van der Waals surface area contributed by atoms with Gasteiger partial charge < -0.3 is 5.73 Å². The highest BCUT2D eigenvalue weighted by atomic mass is 32.2. The van der Waals surface area contributed by atoms with E-state index in [0.29, 0.717) is 0 Å². The smallest absolute Gasteiger partial charge is 0.285 e. The van der Waals surface area contributed by atoms with Gasteiger partial charge in [-0.15, -0.1) is 10.2 Å². The predicted octanol–water partition coefficient (Wildman–Crippen LogP) is 2.25. The standard InChI is InChI=1S/C14H9BN6O2S/c15-24(22,23)21-13-6-11(18)4-5-12(13)19-20-14-9(7-16)2-1-3-10(14)8-17/h1-6,21H,18H2. The van der Waals surface area contributed by atoms with E-state index in [9.17, 15) is 8.42 Å². The molecule has 0 amide bonds. The maximum absolute atomic E-state index is 11.2. The lowest BCUT2D eigenvalue weighted by atomic mass is 10.1. The number of nitrogens with two attached hydrogens (primary N) is 1. The van der Waals surface area contributed by atoms with Crippen molar-refractivity contribution >= 4 is 39.7 Å². The van der Waals surface area contributed by atoms with Crippen LogP contribution in [0.1, 0.15) is 11.1 Å². The number of azo groups is 1. The Balaban J connectivity index is 2.52. The van der Waals surface area contributed by atoms with E-state index < -0.39 is 9.87 Å². The topological polar surface area (TPSA) is 144 Å². The summed E-state index contributed by atoms with van der Waals surface area (Å²) in [6, 6.07) is 12.6. The fourth-order valence-electron chi connectivity index (χ4n) is 1.81. The molecule has 0 heterocycles. The maximum Gasteiger partial charge on any atom is 0.285 e. The third-order valence-electron chi connectivity index (χ3n) is 2.81. The van der Waals surface area contributed by atoms with E-state index in [0.717, 1.165) is 0 Å². The van der Waals surface area contributed by atoms with Crippen LogP contribution in [0.3, 0.4) is 0 Å². The molecule has 3 N–H and O–H groups in total. The van der Waals surface area contributed by atoms with E-state index in [-0.39, 0.29) is 33.9 Å². The van der Waals surface area contributed by atoms with E-state index in [1.165, 1.54) is 30.3 Å². The van der Waals surface area contributed by atoms with E-state index in [1.54, 1.807) is 6.07 Å². The molecule has 2 aromatic carbocycles. The predicted molar refractivity (Wildman–Crippen MR) is 89.2 cm³/mol. The van der Waals surface area contributed by atoms with E-state index >= 15 is 0 Å². The first-order chi connectivity index (χ1) is 11.3. The Bertz CT molecular complexity index is 973. The fourth-order valence-corrected chi connectivity index (χ4v) is 2.28. The van der Waals surface area contributed by atoms with Gasteiger partial charge in [-0.2, -0.15) is 10.5 Å². The summed E-state index contributed by atoms with van der Waals surface area (Å²) in [5, 5.41) is 26.0. The average Bonchev–Trinajstić information content (AvgIpc) is 2.52. The molecule has 2 radical (unpaired) electrons. The maximum atomic E-state index is 11.2. The van der Waals surface area contributed by atoms with Gasteiger partial charge in [0.15, 0.2) is 9.87 Å². The molecule has 0 aliphatic carbocycles. The highest BCUT2D eigenvalue weighted by Crippen LogP contribution is 2.31. The normalized spacial score (nSPS) is 10.9. The minimum Gasteiger partial charge on any atom is -0.399 e. The number of benzene rings is 2. The van der Waals surface area contributed by atoms with Crippen LogP contribution in [0.2, 0.25) is 0 Å². The number of nitrogen functional groups attached to an aromatic ring is 1. The number of nitriles is 2. The Morgan fingerprint density at radius 3 is 2.25 bits per heavy atom. The van der Waals surface area contributed by atoms with Crippen LogP contribution in [0, 0.1) is 22.7 Å². The molecule has 0 saturated heterocycles. The Morgan fingerprint density at radius 2 is 1.71 bits per heavy atom.